The van der Waals surface area contributed by atoms with E-state index in [9.17, 15) is 4.79 Å². The number of aromatic nitrogens is 2. The van der Waals surface area contributed by atoms with E-state index in [1.165, 1.54) is 6.21 Å². The highest BCUT2D eigenvalue weighted by Gasteiger charge is 2.07. The number of hydrogen-bond donors (Lipinski definition) is 2. The summed E-state index contributed by atoms with van der Waals surface area (Å²) in [7, 11) is 1.62. The van der Waals surface area contributed by atoms with Crippen LogP contribution in [0.15, 0.2) is 36.7 Å². The van der Waals surface area contributed by atoms with Gasteiger partial charge in [0.15, 0.2) is 6.61 Å². The molecule has 1 heterocycles. The minimum absolute atomic E-state index is 0.140. The molecule has 0 fully saturated rings. The first kappa shape index (κ1) is 18.4. The van der Waals surface area contributed by atoms with Gasteiger partial charge in [-0.1, -0.05) is 19.1 Å². The molecule has 0 spiro atoms. The van der Waals surface area contributed by atoms with Crippen molar-refractivity contribution in [3.63, 3.8) is 0 Å². The summed E-state index contributed by atoms with van der Waals surface area (Å²) in [4.78, 5) is 20.0. The Morgan fingerprint density at radius 2 is 1.92 bits per heavy atom. The fraction of sp³-hybridized carbons (Fsp3) is 0.333. The van der Waals surface area contributed by atoms with E-state index in [0.29, 0.717) is 13.0 Å². The summed E-state index contributed by atoms with van der Waals surface area (Å²) in [6.45, 7) is 2.33. The van der Waals surface area contributed by atoms with Gasteiger partial charge in [-0.15, -0.1) is 0 Å². The summed E-state index contributed by atoms with van der Waals surface area (Å²) < 4.78 is 10.4. The number of nitrogens with one attached hydrogen (secondary N) is 2. The lowest BCUT2D eigenvalue weighted by atomic mass is 10.1. The molecule has 0 aliphatic carbocycles. The summed E-state index contributed by atoms with van der Waals surface area (Å²) >= 11 is 0. The van der Waals surface area contributed by atoms with Crippen molar-refractivity contribution in [3.05, 3.63) is 36.7 Å². The van der Waals surface area contributed by atoms with Crippen molar-refractivity contribution in [2.75, 3.05) is 20.3 Å². The maximum atomic E-state index is 11.7. The standard InChI is InChI=1S/C18H22N4O3/c1-13(7-8-19)9-20-17(23)12-25-18-21-10-15(11-22-18)14-3-5-16(24-2)6-4-14/h3-6,8,10-11,13,19H,7,9,12H2,1-2H3,(H,20,23). The molecule has 0 bridgehead atoms. The number of carbonyl (C=O) groups is 1. The fourth-order valence-corrected chi connectivity index (χ4v) is 2.08. The largest absolute Gasteiger partial charge is 0.497 e. The van der Waals surface area contributed by atoms with Gasteiger partial charge in [0.25, 0.3) is 5.91 Å². The molecule has 132 valence electrons. The van der Waals surface area contributed by atoms with Crippen LogP contribution < -0.4 is 14.8 Å². The number of benzene rings is 1. The number of ether oxygens (including phenoxy) is 2. The highest BCUT2D eigenvalue weighted by atomic mass is 16.5. The zero-order chi connectivity index (χ0) is 18.1. The minimum Gasteiger partial charge on any atom is -0.497 e. The molecule has 7 heteroatoms. The second-order valence-electron chi connectivity index (χ2n) is 5.62. The normalized spacial score (nSPS) is 11.4. The number of methoxy groups -OCH3 is 1. The van der Waals surface area contributed by atoms with Gasteiger partial charge in [0.1, 0.15) is 5.75 Å². The Morgan fingerprint density at radius 1 is 1.24 bits per heavy atom. The van der Waals surface area contributed by atoms with E-state index in [4.69, 9.17) is 14.9 Å². The molecule has 2 N–H and O–H groups in total. The van der Waals surface area contributed by atoms with Crippen LogP contribution in [0.1, 0.15) is 13.3 Å². The molecule has 1 atom stereocenters. The minimum atomic E-state index is -0.236. The van der Waals surface area contributed by atoms with E-state index >= 15 is 0 Å². The van der Waals surface area contributed by atoms with E-state index in [2.05, 4.69) is 15.3 Å². The first-order valence-electron chi connectivity index (χ1n) is 7.97. The van der Waals surface area contributed by atoms with Crippen LogP contribution in [0, 0.1) is 11.3 Å². The number of rotatable bonds is 9. The predicted molar refractivity (Wildman–Crippen MR) is 95.1 cm³/mol. The maximum absolute atomic E-state index is 11.7. The van der Waals surface area contributed by atoms with E-state index in [1.807, 2.05) is 31.2 Å². The zero-order valence-electron chi connectivity index (χ0n) is 14.4. The Bertz CT molecular complexity index is 686. The zero-order valence-corrected chi connectivity index (χ0v) is 14.4. The molecule has 0 saturated heterocycles. The van der Waals surface area contributed by atoms with Gasteiger partial charge >= 0.3 is 6.01 Å². The summed E-state index contributed by atoms with van der Waals surface area (Å²) in [5.74, 6) is 0.770. The molecule has 0 aliphatic heterocycles. The third-order valence-corrected chi connectivity index (χ3v) is 3.55. The van der Waals surface area contributed by atoms with Gasteiger partial charge in [-0.2, -0.15) is 0 Å². The first-order chi connectivity index (χ1) is 12.1. The smallest absolute Gasteiger partial charge is 0.316 e. The van der Waals surface area contributed by atoms with Crippen molar-refractivity contribution in [1.29, 1.82) is 5.41 Å². The molecule has 25 heavy (non-hydrogen) atoms. The molecular formula is C18H22N4O3. The van der Waals surface area contributed by atoms with Crippen molar-refractivity contribution in [2.45, 2.75) is 13.3 Å². The maximum Gasteiger partial charge on any atom is 0.316 e. The van der Waals surface area contributed by atoms with Crippen LogP contribution in [0.25, 0.3) is 11.1 Å². The number of carbonyl (C=O) groups excluding carboxylic acids is 1. The molecule has 0 aliphatic rings. The van der Waals surface area contributed by atoms with Crippen LogP contribution in [0.3, 0.4) is 0 Å². The highest BCUT2D eigenvalue weighted by Crippen LogP contribution is 2.21. The van der Waals surface area contributed by atoms with Gasteiger partial charge in [-0.05, 0) is 36.2 Å². The van der Waals surface area contributed by atoms with Gasteiger partial charge in [0, 0.05) is 24.5 Å². The topological polar surface area (TPSA) is 97.2 Å². The van der Waals surface area contributed by atoms with E-state index in [-0.39, 0.29) is 24.4 Å². The Kier molecular flexibility index (Phi) is 6.88. The molecular weight excluding hydrogens is 320 g/mol. The molecule has 7 nitrogen and oxygen atoms in total. The molecule has 2 rings (SSSR count). The Balaban J connectivity index is 1.83. The molecule has 0 saturated carbocycles. The van der Waals surface area contributed by atoms with Crippen LogP contribution in [-0.2, 0) is 4.79 Å². The van der Waals surface area contributed by atoms with E-state index < -0.39 is 0 Å². The van der Waals surface area contributed by atoms with Crippen LogP contribution in [-0.4, -0.2) is 42.4 Å². The van der Waals surface area contributed by atoms with Crippen LogP contribution >= 0.6 is 0 Å². The number of hydrogen-bond acceptors (Lipinski definition) is 6. The van der Waals surface area contributed by atoms with Crippen molar-refractivity contribution < 1.29 is 14.3 Å². The van der Waals surface area contributed by atoms with Crippen LogP contribution in [0.5, 0.6) is 11.8 Å². The lowest BCUT2D eigenvalue weighted by molar-refractivity contribution is -0.123. The average Bonchev–Trinajstić information content (AvgIpc) is 2.65. The van der Waals surface area contributed by atoms with E-state index in [1.54, 1.807) is 19.5 Å². The number of nitrogens with zero attached hydrogens (tertiary/aromatic N) is 2. The predicted octanol–water partition coefficient (Wildman–Crippen LogP) is 2.32. The van der Waals surface area contributed by atoms with Gasteiger partial charge < -0.3 is 20.2 Å². The SMILES string of the molecule is COc1ccc(-c2cnc(OCC(=O)NCC(C)CC=N)nc2)cc1. The van der Waals surface area contributed by atoms with Gasteiger partial charge in [0.2, 0.25) is 0 Å². The fourth-order valence-electron chi connectivity index (χ4n) is 2.08. The van der Waals surface area contributed by atoms with E-state index in [0.717, 1.165) is 16.9 Å². The monoisotopic (exact) mass is 342 g/mol. The van der Waals surface area contributed by atoms with Crippen LogP contribution in [0.2, 0.25) is 0 Å². The molecule has 2 aromatic rings. The second-order valence-corrected chi connectivity index (χ2v) is 5.62. The number of amides is 1. The third-order valence-electron chi connectivity index (χ3n) is 3.55. The Hall–Kier alpha value is -2.96. The summed E-state index contributed by atoms with van der Waals surface area (Å²) in [5.41, 5.74) is 1.81. The summed E-state index contributed by atoms with van der Waals surface area (Å²) in [6, 6.07) is 7.72. The van der Waals surface area contributed by atoms with Gasteiger partial charge in [-0.3, -0.25) is 4.79 Å². The highest BCUT2D eigenvalue weighted by molar-refractivity contribution is 5.77. The average molecular weight is 342 g/mol. The molecule has 0 radical (unpaired) electrons. The lowest BCUT2D eigenvalue weighted by Gasteiger charge is -2.10. The van der Waals surface area contributed by atoms with Crippen molar-refractivity contribution in [2.24, 2.45) is 5.92 Å². The lowest BCUT2D eigenvalue weighted by Crippen LogP contribution is -2.32. The summed E-state index contributed by atoms with van der Waals surface area (Å²) in [5, 5.41) is 9.78. The summed E-state index contributed by atoms with van der Waals surface area (Å²) in [6.07, 6.45) is 5.27. The third kappa shape index (κ3) is 5.87. The molecule has 1 amide bonds. The molecule has 1 aromatic heterocycles. The van der Waals surface area contributed by atoms with Crippen molar-refractivity contribution >= 4 is 12.1 Å². The van der Waals surface area contributed by atoms with Crippen molar-refractivity contribution in [1.82, 2.24) is 15.3 Å². The van der Waals surface area contributed by atoms with Gasteiger partial charge in [0.05, 0.1) is 7.11 Å². The Morgan fingerprint density at radius 3 is 2.52 bits per heavy atom. The second kappa shape index (κ2) is 9.36. The molecule has 1 unspecified atom stereocenters. The van der Waals surface area contributed by atoms with Gasteiger partial charge in [-0.25, -0.2) is 9.97 Å². The Labute approximate surface area is 146 Å². The molecule has 1 aromatic carbocycles. The quantitative estimate of drug-likeness (QED) is 0.682. The first-order valence-corrected chi connectivity index (χ1v) is 7.97. The van der Waals surface area contributed by atoms with Crippen LogP contribution in [0.4, 0.5) is 0 Å². The van der Waals surface area contributed by atoms with Crippen molar-refractivity contribution in [3.8, 4) is 22.9 Å².